The lowest BCUT2D eigenvalue weighted by Gasteiger charge is -2.14. The molecule has 1 aromatic carbocycles. The molecule has 0 bridgehead atoms. The highest BCUT2D eigenvalue weighted by Gasteiger charge is 2.09. The summed E-state index contributed by atoms with van der Waals surface area (Å²) in [6, 6.07) is 8.49. The summed E-state index contributed by atoms with van der Waals surface area (Å²) in [4.78, 5) is 0. The molecule has 1 atom stereocenters. The van der Waals surface area contributed by atoms with Crippen LogP contribution in [0.25, 0.3) is 0 Å². The highest BCUT2D eigenvalue weighted by molar-refractivity contribution is 6.18. The minimum atomic E-state index is 0.521. The number of halogens is 1. The van der Waals surface area contributed by atoms with E-state index in [1.54, 1.807) is 7.11 Å². The number of alkyl halides is 1. The summed E-state index contributed by atoms with van der Waals surface area (Å²) in [6.07, 6.45) is 2.09. The van der Waals surface area contributed by atoms with E-state index in [0.717, 1.165) is 19.4 Å². The summed E-state index contributed by atoms with van der Waals surface area (Å²) in [5.74, 6) is 1.23. The van der Waals surface area contributed by atoms with Gasteiger partial charge in [0, 0.05) is 19.6 Å². The van der Waals surface area contributed by atoms with Crippen LogP contribution in [0.2, 0.25) is 0 Å². The Hall–Kier alpha value is -0.530. The molecule has 0 aliphatic rings. The van der Waals surface area contributed by atoms with Gasteiger partial charge in [0.25, 0.3) is 0 Å². The molecule has 0 spiro atoms. The van der Waals surface area contributed by atoms with Crippen molar-refractivity contribution in [2.24, 2.45) is 5.92 Å². The molecule has 0 radical (unpaired) electrons. The van der Waals surface area contributed by atoms with Crippen LogP contribution < -0.4 is 0 Å². The molecule has 0 aromatic heterocycles. The molecule has 0 amide bonds. The lowest BCUT2D eigenvalue weighted by molar-refractivity contribution is 0.180. The van der Waals surface area contributed by atoms with Crippen LogP contribution in [-0.4, -0.2) is 19.6 Å². The standard InChI is InChI=1S/C13H19ClO/c1-11-5-3-4-6-13(11)9-12(10-14)7-8-15-2/h3-6,12H,7-10H2,1-2H3. The van der Waals surface area contributed by atoms with Crippen molar-refractivity contribution in [1.29, 1.82) is 0 Å². The van der Waals surface area contributed by atoms with Crippen LogP contribution in [0.15, 0.2) is 24.3 Å². The molecule has 0 saturated heterocycles. The predicted molar refractivity (Wildman–Crippen MR) is 65.6 cm³/mol. The SMILES string of the molecule is COCCC(CCl)Cc1ccccc1C. The van der Waals surface area contributed by atoms with Crippen molar-refractivity contribution in [3.63, 3.8) is 0 Å². The number of hydrogen-bond donors (Lipinski definition) is 0. The van der Waals surface area contributed by atoms with Crippen LogP contribution in [0.5, 0.6) is 0 Å². The van der Waals surface area contributed by atoms with Crippen LogP contribution in [0.4, 0.5) is 0 Å². The zero-order valence-electron chi connectivity index (χ0n) is 9.50. The summed E-state index contributed by atoms with van der Waals surface area (Å²) < 4.78 is 5.08. The molecule has 0 saturated carbocycles. The van der Waals surface area contributed by atoms with Crippen LogP contribution in [0, 0.1) is 12.8 Å². The maximum Gasteiger partial charge on any atom is 0.0465 e. The van der Waals surface area contributed by atoms with Gasteiger partial charge in [-0.25, -0.2) is 0 Å². The predicted octanol–water partition coefficient (Wildman–Crippen LogP) is 3.43. The normalized spacial score (nSPS) is 12.7. The molecule has 0 fully saturated rings. The van der Waals surface area contributed by atoms with E-state index in [1.165, 1.54) is 11.1 Å². The van der Waals surface area contributed by atoms with E-state index in [4.69, 9.17) is 16.3 Å². The van der Waals surface area contributed by atoms with Crippen molar-refractivity contribution >= 4 is 11.6 Å². The van der Waals surface area contributed by atoms with Gasteiger partial charge in [-0.05, 0) is 36.8 Å². The van der Waals surface area contributed by atoms with Gasteiger partial charge in [0.1, 0.15) is 0 Å². The van der Waals surface area contributed by atoms with Crippen molar-refractivity contribution in [1.82, 2.24) is 0 Å². The van der Waals surface area contributed by atoms with Crippen molar-refractivity contribution in [3.05, 3.63) is 35.4 Å². The fraction of sp³-hybridized carbons (Fsp3) is 0.538. The topological polar surface area (TPSA) is 9.23 Å². The van der Waals surface area contributed by atoms with Gasteiger partial charge in [-0.15, -0.1) is 11.6 Å². The molecule has 0 N–H and O–H groups in total. The molecule has 1 aromatic rings. The van der Waals surface area contributed by atoms with Crippen molar-refractivity contribution in [3.8, 4) is 0 Å². The van der Waals surface area contributed by atoms with Gasteiger partial charge >= 0.3 is 0 Å². The first-order chi connectivity index (χ1) is 7.27. The Morgan fingerprint density at radius 2 is 2.07 bits per heavy atom. The molecular weight excluding hydrogens is 208 g/mol. The van der Waals surface area contributed by atoms with Crippen molar-refractivity contribution in [2.45, 2.75) is 19.8 Å². The maximum atomic E-state index is 5.95. The Morgan fingerprint density at radius 3 is 2.67 bits per heavy atom. The minimum absolute atomic E-state index is 0.521. The van der Waals surface area contributed by atoms with Crippen LogP contribution in [-0.2, 0) is 11.2 Å². The summed E-state index contributed by atoms with van der Waals surface area (Å²) in [5.41, 5.74) is 2.75. The van der Waals surface area contributed by atoms with E-state index < -0.39 is 0 Å². The molecule has 0 heterocycles. The average Bonchev–Trinajstić information content (AvgIpc) is 2.26. The molecule has 1 rings (SSSR count). The number of ether oxygens (including phenoxy) is 1. The van der Waals surface area contributed by atoms with E-state index in [-0.39, 0.29) is 0 Å². The smallest absolute Gasteiger partial charge is 0.0465 e. The maximum absolute atomic E-state index is 5.95. The van der Waals surface area contributed by atoms with E-state index in [9.17, 15) is 0 Å². The van der Waals surface area contributed by atoms with Crippen LogP contribution in [0.3, 0.4) is 0 Å². The third kappa shape index (κ3) is 4.23. The Morgan fingerprint density at radius 1 is 1.33 bits per heavy atom. The van der Waals surface area contributed by atoms with Crippen LogP contribution >= 0.6 is 11.6 Å². The second-order valence-electron chi connectivity index (χ2n) is 3.93. The fourth-order valence-corrected chi connectivity index (χ4v) is 1.93. The van der Waals surface area contributed by atoms with Gasteiger partial charge in [-0.3, -0.25) is 0 Å². The number of aryl methyl sites for hydroxylation is 1. The fourth-order valence-electron chi connectivity index (χ4n) is 1.67. The first-order valence-electron chi connectivity index (χ1n) is 5.37. The zero-order valence-corrected chi connectivity index (χ0v) is 10.3. The quantitative estimate of drug-likeness (QED) is 0.676. The van der Waals surface area contributed by atoms with Gasteiger partial charge < -0.3 is 4.74 Å². The summed E-state index contributed by atoms with van der Waals surface area (Å²) in [6.45, 7) is 2.94. The lowest BCUT2D eigenvalue weighted by atomic mass is 9.95. The Bertz CT molecular complexity index is 286. The third-order valence-electron chi connectivity index (χ3n) is 2.72. The number of rotatable bonds is 6. The molecule has 1 nitrogen and oxygen atoms in total. The Kier molecular flexibility index (Phi) is 5.74. The molecule has 0 aliphatic heterocycles. The summed E-state index contributed by atoms with van der Waals surface area (Å²) in [7, 11) is 1.74. The average molecular weight is 227 g/mol. The number of methoxy groups -OCH3 is 1. The molecule has 0 aliphatic carbocycles. The highest BCUT2D eigenvalue weighted by Crippen LogP contribution is 2.17. The van der Waals surface area contributed by atoms with Gasteiger partial charge in [-0.1, -0.05) is 24.3 Å². The van der Waals surface area contributed by atoms with Crippen LogP contribution in [0.1, 0.15) is 17.5 Å². The molecule has 2 heteroatoms. The largest absolute Gasteiger partial charge is 0.385 e. The van der Waals surface area contributed by atoms with E-state index in [1.807, 2.05) is 0 Å². The van der Waals surface area contributed by atoms with E-state index in [0.29, 0.717) is 11.8 Å². The molecule has 84 valence electrons. The lowest BCUT2D eigenvalue weighted by Crippen LogP contribution is -2.10. The summed E-state index contributed by atoms with van der Waals surface area (Å²) in [5, 5.41) is 0. The molecular formula is C13H19ClO. The first kappa shape index (κ1) is 12.5. The third-order valence-corrected chi connectivity index (χ3v) is 3.15. The number of benzene rings is 1. The monoisotopic (exact) mass is 226 g/mol. The van der Waals surface area contributed by atoms with Gasteiger partial charge in [0.2, 0.25) is 0 Å². The summed E-state index contributed by atoms with van der Waals surface area (Å²) >= 11 is 5.95. The van der Waals surface area contributed by atoms with Gasteiger partial charge in [-0.2, -0.15) is 0 Å². The van der Waals surface area contributed by atoms with Crippen molar-refractivity contribution in [2.75, 3.05) is 19.6 Å². The first-order valence-corrected chi connectivity index (χ1v) is 5.90. The van der Waals surface area contributed by atoms with E-state index >= 15 is 0 Å². The number of hydrogen-bond acceptors (Lipinski definition) is 1. The highest BCUT2D eigenvalue weighted by atomic mass is 35.5. The Balaban J connectivity index is 2.54. The van der Waals surface area contributed by atoms with E-state index in [2.05, 4.69) is 31.2 Å². The molecule has 1 unspecified atom stereocenters. The zero-order chi connectivity index (χ0) is 11.1. The minimum Gasteiger partial charge on any atom is -0.385 e. The Labute approximate surface area is 97.4 Å². The van der Waals surface area contributed by atoms with Crippen molar-refractivity contribution < 1.29 is 4.74 Å². The second kappa shape index (κ2) is 6.86. The van der Waals surface area contributed by atoms with Gasteiger partial charge in [0.05, 0.1) is 0 Å². The van der Waals surface area contributed by atoms with Gasteiger partial charge in [0.15, 0.2) is 0 Å². The molecule has 15 heavy (non-hydrogen) atoms. The second-order valence-corrected chi connectivity index (χ2v) is 4.24.